The Kier molecular flexibility index (Phi) is 5.51. The van der Waals surface area contributed by atoms with E-state index in [1.807, 2.05) is 0 Å². The van der Waals surface area contributed by atoms with Gasteiger partial charge in [0.25, 0.3) is 5.69 Å². The van der Waals surface area contributed by atoms with E-state index in [1.54, 1.807) is 37.3 Å². The summed E-state index contributed by atoms with van der Waals surface area (Å²) in [7, 11) is 0. The lowest BCUT2D eigenvalue weighted by Gasteiger charge is -2.09. The number of para-hydroxylation sites is 1. The molecule has 1 aromatic heterocycles. The van der Waals surface area contributed by atoms with Gasteiger partial charge in [-0.15, -0.1) is 0 Å². The molecule has 1 heterocycles. The Morgan fingerprint density at radius 1 is 1.18 bits per heavy atom. The molecular formula is C19H14ClN3O5. The molecule has 0 aliphatic rings. The molecule has 142 valence electrons. The molecule has 0 fully saturated rings. The van der Waals surface area contributed by atoms with E-state index in [9.17, 15) is 19.7 Å². The van der Waals surface area contributed by atoms with E-state index in [4.69, 9.17) is 16.3 Å². The third-order valence-electron chi connectivity index (χ3n) is 3.88. The molecule has 8 nitrogen and oxygen atoms in total. The second-order valence-corrected chi connectivity index (χ2v) is 6.06. The normalized spacial score (nSPS) is 10.5. The highest BCUT2D eigenvalue weighted by molar-refractivity contribution is 6.31. The summed E-state index contributed by atoms with van der Waals surface area (Å²) in [5.74, 6) is -1.49. The van der Waals surface area contributed by atoms with Crippen molar-refractivity contribution in [2.24, 2.45) is 0 Å². The van der Waals surface area contributed by atoms with Crippen LogP contribution >= 0.6 is 11.6 Å². The van der Waals surface area contributed by atoms with Crippen LogP contribution < -0.4 is 0 Å². The molecule has 0 unspecified atom stereocenters. The van der Waals surface area contributed by atoms with Gasteiger partial charge >= 0.3 is 5.97 Å². The maximum absolute atomic E-state index is 13.0. The summed E-state index contributed by atoms with van der Waals surface area (Å²) in [5.41, 5.74) is -0.336. The first-order chi connectivity index (χ1) is 13.4. The summed E-state index contributed by atoms with van der Waals surface area (Å²) in [4.78, 5) is 36.2. The number of nitro benzene ring substituents is 1. The molecule has 9 heteroatoms. The Bertz CT molecular complexity index is 1060. The first kappa shape index (κ1) is 19.2. The number of rotatable bonds is 6. The number of carbonyl (C=O) groups excluding carboxylic acids is 2. The molecule has 0 aliphatic carbocycles. The van der Waals surface area contributed by atoms with Crippen molar-refractivity contribution in [2.45, 2.75) is 6.92 Å². The number of esters is 1. The highest BCUT2D eigenvalue weighted by Crippen LogP contribution is 2.27. The first-order valence-electron chi connectivity index (χ1n) is 8.23. The van der Waals surface area contributed by atoms with Crippen LogP contribution in [-0.2, 0) is 4.74 Å². The van der Waals surface area contributed by atoms with Gasteiger partial charge in [0, 0.05) is 11.1 Å². The van der Waals surface area contributed by atoms with Crippen LogP contribution in [0.25, 0.3) is 5.69 Å². The average molecular weight is 400 g/mol. The smallest absolute Gasteiger partial charge is 0.357 e. The summed E-state index contributed by atoms with van der Waals surface area (Å²) >= 11 is 5.81. The Balaban J connectivity index is 2.17. The van der Waals surface area contributed by atoms with Gasteiger partial charge < -0.3 is 4.74 Å². The number of hydrogen-bond acceptors (Lipinski definition) is 6. The van der Waals surface area contributed by atoms with E-state index < -0.39 is 22.4 Å². The van der Waals surface area contributed by atoms with Crippen LogP contribution in [0.4, 0.5) is 5.69 Å². The van der Waals surface area contributed by atoms with Crippen LogP contribution in [0.5, 0.6) is 0 Å². The summed E-state index contributed by atoms with van der Waals surface area (Å²) in [6.45, 7) is 1.72. The minimum Gasteiger partial charge on any atom is -0.461 e. The lowest BCUT2D eigenvalue weighted by atomic mass is 10.0. The quantitative estimate of drug-likeness (QED) is 0.270. The molecule has 0 atom stereocenters. The molecule has 3 rings (SSSR count). The molecule has 3 aromatic rings. The molecule has 0 spiro atoms. The minimum atomic E-state index is -0.760. The van der Waals surface area contributed by atoms with Gasteiger partial charge in [0.05, 0.1) is 29.0 Å². The summed E-state index contributed by atoms with van der Waals surface area (Å²) in [5, 5.41) is 15.6. The maximum atomic E-state index is 13.0. The monoisotopic (exact) mass is 399 g/mol. The van der Waals surface area contributed by atoms with Gasteiger partial charge in [0.1, 0.15) is 5.56 Å². The van der Waals surface area contributed by atoms with Crippen LogP contribution in [0.2, 0.25) is 5.02 Å². The summed E-state index contributed by atoms with van der Waals surface area (Å²) in [6, 6.07) is 12.4. The fourth-order valence-electron chi connectivity index (χ4n) is 2.67. The lowest BCUT2D eigenvalue weighted by molar-refractivity contribution is -0.385. The van der Waals surface area contributed by atoms with Gasteiger partial charge in [-0.25, -0.2) is 9.48 Å². The predicted octanol–water partition coefficient (Wildman–Crippen LogP) is 3.84. The third-order valence-corrected chi connectivity index (χ3v) is 4.12. The van der Waals surface area contributed by atoms with Gasteiger partial charge in [-0.1, -0.05) is 29.8 Å². The topological polar surface area (TPSA) is 104 Å². The van der Waals surface area contributed by atoms with E-state index in [0.29, 0.717) is 5.69 Å². The highest BCUT2D eigenvalue weighted by atomic mass is 35.5. The standard InChI is InChI=1S/C19H14ClN3O5/c1-2-28-19(25)17-15(11-21-22(17)13-6-4-3-5-7-13)18(24)14-9-8-12(20)10-16(14)23(26)27/h3-11H,2H2,1H3. The number of nitro groups is 1. The second-order valence-electron chi connectivity index (χ2n) is 5.62. The number of aromatic nitrogens is 2. The zero-order valence-electron chi connectivity index (χ0n) is 14.7. The van der Waals surface area contributed by atoms with E-state index in [0.717, 1.165) is 6.07 Å². The Morgan fingerprint density at radius 2 is 1.89 bits per heavy atom. The molecule has 0 N–H and O–H groups in total. The van der Waals surface area contributed by atoms with Crippen LogP contribution in [0.1, 0.15) is 33.3 Å². The van der Waals surface area contributed by atoms with Crippen molar-refractivity contribution in [1.82, 2.24) is 9.78 Å². The maximum Gasteiger partial charge on any atom is 0.357 e. The average Bonchev–Trinajstić information content (AvgIpc) is 3.13. The van der Waals surface area contributed by atoms with Crippen LogP contribution in [-0.4, -0.2) is 33.1 Å². The molecule has 0 aliphatic heterocycles. The van der Waals surface area contributed by atoms with E-state index in [-0.39, 0.29) is 28.5 Å². The van der Waals surface area contributed by atoms with Crippen molar-refractivity contribution in [3.8, 4) is 5.69 Å². The predicted molar refractivity (Wildman–Crippen MR) is 101 cm³/mol. The fraction of sp³-hybridized carbons (Fsp3) is 0.105. The number of benzene rings is 2. The van der Waals surface area contributed by atoms with E-state index in [2.05, 4.69) is 5.10 Å². The zero-order chi connectivity index (χ0) is 20.3. The van der Waals surface area contributed by atoms with Crippen molar-refractivity contribution in [1.29, 1.82) is 0 Å². The van der Waals surface area contributed by atoms with Crippen molar-refractivity contribution in [3.63, 3.8) is 0 Å². The van der Waals surface area contributed by atoms with Crippen LogP contribution in [0.15, 0.2) is 54.7 Å². The number of ether oxygens (including phenoxy) is 1. The third kappa shape index (κ3) is 3.63. The molecule has 0 amide bonds. The van der Waals surface area contributed by atoms with Crippen molar-refractivity contribution in [3.05, 3.63) is 86.7 Å². The lowest BCUT2D eigenvalue weighted by Crippen LogP contribution is -2.17. The van der Waals surface area contributed by atoms with Crippen molar-refractivity contribution >= 4 is 29.0 Å². The van der Waals surface area contributed by atoms with E-state index in [1.165, 1.54) is 23.0 Å². The minimum absolute atomic E-state index is 0.0908. The number of carbonyl (C=O) groups is 2. The molecule has 28 heavy (non-hydrogen) atoms. The van der Waals surface area contributed by atoms with Gasteiger partial charge in [-0.2, -0.15) is 5.10 Å². The molecular weight excluding hydrogens is 386 g/mol. The highest BCUT2D eigenvalue weighted by Gasteiger charge is 2.30. The SMILES string of the molecule is CCOC(=O)c1c(C(=O)c2ccc(Cl)cc2[N+](=O)[O-])cnn1-c1ccccc1. The van der Waals surface area contributed by atoms with Gasteiger partial charge in [-0.05, 0) is 31.2 Å². The van der Waals surface area contributed by atoms with Gasteiger partial charge in [0.15, 0.2) is 5.69 Å². The van der Waals surface area contributed by atoms with Crippen molar-refractivity contribution < 1.29 is 19.2 Å². The Morgan fingerprint density at radius 3 is 2.54 bits per heavy atom. The molecule has 0 saturated heterocycles. The number of ketones is 1. The molecule has 0 radical (unpaired) electrons. The fourth-order valence-corrected chi connectivity index (χ4v) is 2.83. The van der Waals surface area contributed by atoms with Crippen LogP contribution in [0, 0.1) is 10.1 Å². The van der Waals surface area contributed by atoms with E-state index >= 15 is 0 Å². The number of halogens is 1. The van der Waals surface area contributed by atoms with Gasteiger partial charge in [0.2, 0.25) is 5.78 Å². The largest absolute Gasteiger partial charge is 0.461 e. The number of hydrogen-bond donors (Lipinski definition) is 0. The molecule has 0 saturated carbocycles. The van der Waals surface area contributed by atoms with Gasteiger partial charge in [-0.3, -0.25) is 14.9 Å². The van der Waals surface area contributed by atoms with Crippen LogP contribution in [0.3, 0.4) is 0 Å². The van der Waals surface area contributed by atoms with Crippen molar-refractivity contribution in [2.75, 3.05) is 6.61 Å². The Labute approximate surface area is 164 Å². The molecule has 2 aromatic carbocycles. The second kappa shape index (κ2) is 8.01. The number of nitrogens with zero attached hydrogens (tertiary/aromatic N) is 3. The molecule has 0 bridgehead atoms. The first-order valence-corrected chi connectivity index (χ1v) is 8.61. The zero-order valence-corrected chi connectivity index (χ0v) is 15.4. The Hall–Kier alpha value is -3.52. The summed E-state index contributed by atoms with van der Waals surface area (Å²) < 4.78 is 6.34. The summed E-state index contributed by atoms with van der Waals surface area (Å²) in [6.07, 6.45) is 1.19.